The first-order valence-corrected chi connectivity index (χ1v) is 9.06. The second kappa shape index (κ2) is 5.82. The Hall–Kier alpha value is -1.71. The Balaban J connectivity index is 1.85. The summed E-state index contributed by atoms with van der Waals surface area (Å²) in [6.07, 6.45) is 2.69. The summed E-state index contributed by atoms with van der Waals surface area (Å²) in [5.74, 6) is -1.57. The third kappa shape index (κ3) is 2.79. The molecule has 3 heterocycles. The molecule has 1 fully saturated rings. The van der Waals surface area contributed by atoms with E-state index in [1.807, 2.05) is 0 Å². The average molecular weight is 341 g/mol. The maximum atomic E-state index is 12.7. The predicted molar refractivity (Wildman–Crippen MR) is 81.0 cm³/mol. The first-order chi connectivity index (χ1) is 10.5. The van der Waals surface area contributed by atoms with Gasteiger partial charge >= 0.3 is 5.97 Å². The van der Waals surface area contributed by atoms with Gasteiger partial charge < -0.3 is 5.11 Å². The summed E-state index contributed by atoms with van der Waals surface area (Å²) in [6, 6.07) is 5.05. The molecule has 0 radical (unpaired) electrons. The van der Waals surface area contributed by atoms with Crippen molar-refractivity contribution in [3.05, 3.63) is 24.4 Å². The fourth-order valence-corrected chi connectivity index (χ4v) is 5.45. The fourth-order valence-electron chi connectivity index (χ4n) is 2.49. The van der Waals surface area contributed by atoms with Gasteiger partial charge in [-0.3, -0.25) is 9.89 Å². The van der Waals surface area contributed by atoms with Crippen LogP contribution in [0.5, 0.6) is 0 Å². The summed E-state index contributed by atoms with van der Waals surface area (Å²) < 4.78 is 26.8. The number of hydrogen-bond acceptors (Lipinski definition) is 5. The van der Waals surface area contributed by atoms with Crippen LogP contribution >= 0.6 is 11.3 Å². The van der Waals surface area contributed by atoms with Crippen LogP contribution in [0.1, 0.15) is 12.8 Å². The second-order valence-electron chi connectivity index (χ2n) is 5.13. The van der Waals surface area contributed by atoms with Crippen molar-refractivity contribution < 1.29 is 18.3 Å². The first kappa shape index (κ1) is 15.2. The van der Waals surface area contributed by atoms with E-state index < -0.39 is 21.9 Å². The van der Waals surface area contributed by atoms with Crippen LogP contribution in [0.15, 0.2) is 28.6 Å². The number of H-pyrrole nitrogens is 1. The molecule has 22 heavy (non-hydrogen) atoms. The van der Waals surface area contributed by atoms with Crippen molar-refractivity contribution in [1.29, 1.82) is 0 Å². The Bertz CT molecular complexity index is 767. The lowest BCUT2D eigenvalue weighted by Crippen LogP contribution is -2.41. The molecule has 0 bridgehead atoms. The number of sulfonamides is 1. The Kier molecular flexibility index (Phi) is 4.02. The third-order valence-electron chi connectivity index (χ3n) is 3.68. The summed E-state index contributed by atoms with van der Waals surface area (Å²) in [5, 5.41) is 15.7. The molecule has 2 N–H and O–H groups in total. The van der Waals surface area contributed by atoms with Gasteiger partial charge in [0, 0.05) is 19.3 Å². The number of piperidine rings is 1. The maximum absolute atomic E-state index is 12.7. The Labute approximate surface area is 131 Å². The summed E-state index contributed by atoms with van der Waals surface area (Å²) in [6.45, 7) is 0.401. The van der Waals surface area contributed by atoms with Gasteiger partial charge in [0.05, 0.1) is 16.5 Å². The van der Waals surface area contributed by atoms with Crippen LogP contribution in [-0.2, 0) is 14.8 Å². The number of hydrogen-bond donors (Lipinski definition) is 2. The predicted octanol–water partition coefficient (Wildman–Crippen LogP) is 1.62. The van der Waals surface area contributed by atoms with E-state index in [1.165, 1.54) is 4.31 Å². The topological polar surface area (TPSA) is 103 Å². The van der Waals surface area contributed by atoms with Gasteiger partial charge in [-0.25, -0.2) is 8.42 Å². The Morgan fingerprint density at radius 1 is 1.41 bits per heavy atom. The van der Waals surface area contributed by atoms with Gasteiger partial charge in [-0.15, -0.1) is 11.3 Å². The molecule has 118 valence electrons. The zero-order valence-electron chi connectivity index (χ0n) is 11.6. The zero-order valence-corrected chi connectivity index (χ0v) is 13.2. The standard InChI is InChI=1S/C13H15N3O4S2/c17-13(18)9-2-1-7-16(8-9)22(19,20)12-4-3-11(21-12)10-5-6-14-15-10/h3-6,9H,1-2,7-8H2,(H,14,15)(H,17,18). The lowest BCUT2D eigenvalue weighted by molar-refractivity contribution is -0.142. The van der Waals surface area contributed by atoms with Crippen molar-refractivity contribution in [2.45, 2.75) is 17.1 Å². The molecule has 1 aliphatic heterocycles. The molecule has 9 heteroatoms. The molecule has 0 spiro atoms. The molecule has 1 unspecified atom stereocenters. The van der Waals surface area contributed by atoms with Crippen LogP contribution < -0.4 is 0 Å². The number of aromatic amines is 1. The van der Waals surface area contributed by atoms with Crippen molar-refractivity contribution in [1.82, 2.24) is 14.5 Å². The maximum Gasteiger partial charge on any atom is 0.307 e. The van der Waals surface area contributed by atoms with E-state index in [9.17, 15) is 13.2 Å². The van der Waals surface area contributed by atoms with Crippen molar-refractivity contribution >= 4 is 27.3 Å². The number of aliphatic carboxylic acids is 1. The average Bonchev–Trinajstić information content (AvgIpc) is 3.18. The molecule has 2 aromatic heterocycles. The Morgan fingerprint density at radius 3 is 2.91 bits per heavy atom. The molecule has 1 aliphatic rings. The number of carboxylic acids is 1. The van der Waals surface area contributed by atoms with E-state index in [0.717, 1.165) is 21.9 Å². The number of carbonyl (C=O) groups is 1. The van der Waals surface area contributed by atoms with Gasteiger partial charge in [0.2, 0.25) is 0 Å². The Morgan fingerprint density at radius 2 is 2.23 bits per heavy atom. The van der Waals surface area contributed by atoms with Gasteiger partial charge in [0.1, 0.15) is 4.21 Å². The van der Waals surface area contributed by atoms with Gasteiger partial charge in [-0.1, -0.05) is 0 Å². The van der Waals surface area contributed by atoms with E-state index in [1.54, 1.807) is 24.4 Å². The van der Waals surface area contributed by atoms with Gasteiger partial charge in [0.15, 0.2) is 0 Å². The van der Waals surface area contributed by atoms with E-state index in [-0.39, 0.29) is 10.8 Å². The third-order valence-corrected chi connectivity index (χ3v) is 7.13. The largest absolute Gasteiger partial charge is 0.481 e. The zero-order chi connectivity index (χ0) is 15.7. The van der Waals surface area contributed by atoms with Crippen molar-refractivity contribution in [2.75, 3.05) is 13.1 Å². The molecule has 2 aromatic rings. The number of nitrogens with one attached hydrogen (secondary N) is 1. The highest BCUT2D eigenvalue weighted by atomic mass is 32.2. The lowest BCUT2D eigenvalue weighted by atomic mass is 10.0. The van der Waals surface area contributed by atoms with Gasteiger partial charge in [0.25, 0.3) is 10.0 Å². The van der Waals surface area contributed by atoms with Crippen LogP contribution in [0.3, 0.4) is 0 Å². The second-order valence-corrected chi connectivity index (χ2v) is 8.38. The van der Waals surface area contributed by atoms with Crippen LogP contribution in [0.25, 0.3) is 10.6 Å². The number of aromatic nitrogens is 2. The van der Waals surface area contributed by atoms with Crippen LogP contribution in [-0.4, -0.2) is 47.1 Å². The van der Waals surface area contributed by atoms with E-state index in [4.69, 9.17) is 5.11 Å². The van der Waals surface area contributed by atoms with Crippen molar-refractivity contribution in [3.63, 3.8) is 0 Å². The summed E-state index contributed by atoms with van der Waals surface area (Å²) in [7, 11) is -3.64. The summed E-state index contributed by atoms with van der Waals surface area (Å²) in [4.78, 5) is 11.9. The van der Waals surface area contributed by atoms with Crippen LogP contribution in [0.2, 0.25) is 0 Å². The van der Waals surface area contributed by atoms with Gasteiger partial charge in [-0.05, 0) is 31.0 Å². The molecule has 0 aromatic carbocycles. The van der Waals surface area contributed by atoms with Crippen molar-refractivity contribution in [2.24, 2.45) is 5.92 Å². The van der Waals surface area contributed by atoms with E-state index >= 15 is 0 Å². The summed E-state index contributed by atoms with van der Waals surface area (Å²) >= 11 is 1.15. The van der Waals surface area contributed by atoms with Crippen LogP contribution in [0.4, 0.5) is 0 Å². The molecule has 0 aliphatic carbocycles. The molecule has 1 saturated heterocycles. The summed E-state index contributed by atoms with van der Waals surface area (Å²) in [5.41, 5.74) is 0.758. The molecular weight excluding hydrogens is 326 g/mol. The smallest absolute Gasteiger partial charge is 0.307 e. The number of nitrogens with zero attached hydrogens (tertiary/aromatic N) is 2. The molecule has 0 saturated carbocycles. The lowest BCUT2D eigenvalue weighted by Gasteiger charge is -2.29. The quantitative estimate of drug-likeness (QED) is 0.879. The molecular formula is C13H15N3O4S2. The highest BCUT2D eigenvalue weighted by molar-refractivity contribution is 7.91. The normalized spacial score (nSPS) is 20.1. The minimum Gasteiger partial charge on any atom is -0.481 e. The minimum absolute atomic E-state index is 0.0367. The van der Waals surface area contributed by atoms with Crippen molar-refractivity contribution in [3.8, 4) is 10.6 Å². The SMILES string of the molecule is O=C(O)C1CCCN(S(=O)(=O)c2ccc(-c3ccn[nH]3)s2)C1. The molecule has 3 rings (SSSR count). The highest BCUT2D eigenvalue weighted by Gasteiger charge is 2.34. The van der Waals surface area contributed by atoms with Crippen LogP contribution in [0, 0.1) is 5.92 Å². The molecule has 7 nitrogen and oxygen atoms in total. The highest BCUT2D eigenvalue weighted by Crippen LogP contribution is 2.32. The fraction of sp³-hybridized carbons (Fsp3) is 0.385. The minimum atomic E-state index is -3.64. The van der Waals surface area contributed by atoms with E-state index in [0.29, 0.717) is 19.4 Å². The number of rotatable bonds is 4. The monoisotopic (exact) mass is 341 g/mol. The molecule has 0 amide bonds. The first-order valence-electron chi connectivity index (χ1n) is 6.81. The van der Waals surface area contributed by atoms with Gasteiger partial charge in [-0.2, -0.15) is 9.40 Å². The molecule has 1 atom stereocenters. The van der Waals surface area contributed by atoms with E-state index in [2.05, 4.69) is 10.2 Å². The number of thiophene rings is 1. The number of carboxylic acid groups (broad SMARTS) is 1.